The molecular formula is C14H13N3O2. The predicted octanol–water partition coefficient (Wildman–Crippen LogP) is 3.61. The lowest BCUT2D eigenvalue weighted by Gasteiger charge is -2.03. The largest absolute Gasteiger partial charge is 0.346 e. The van der Waals surface area contributed by atoms with Crippen LogP contribution in [0.15, 0.2) is 70.9 Å². The predicted molar refractivity (Wildman–Crippen MR) is 71.2 cm³/mol. The lowest BCUT2D eigenvalue weighted by molar-refractivity contribution is -0.528. The van der Waals surface area contributed by atoms with Gasteiger partial charge in [-0.3, -0.25) is 10.1 Å². The van der Waals surface area contributed by atoms with Gasteiger partial charge >= 0.3 is 6.17 Å². The molecule has 2 rings (SSSR count). The zero-order valence-electron chi connectivity index (χ0n) is 10.2. The maximum absolute atomic E-state index is 11.0. The summed E-state index contributed by atoms with van der Waals surface area (Å²) in [6.07, 6.45) is -1.13. The Morgan fingerprint density at radius 3 is 2.16 bits per heavy atom. The average Bonchev–Trinajstić information content (AvgIpc) is 2.45. The van der Waals surface area contributed by atoms with E-state index >= 15 is 0 Å². The maximum Gasteiger partial charge on any atom is 0.346 e. The molecule has 5 heteroatoms. The van der Waals surface area contributed by atoms with Gasteiger partial charge in [-0.1, -0.05) is 48.5 Å². The summed E-state index contributed by atoms with van der Waals surface area (Å²) in [6, 6.07) is 18.2. The van der Waals surface area contributed by atoms with Crippen molar-refractivity contribution in [3.63, 3.8) is 0 Å². The Labute approximate surface area is 110 Å². The monoisotopic (exact) mass is 255 g/mol. The molecule has 0 bridgehead atoms. The van der Waals surface area contributed by atoms with Crippen molar-refractivity contribution < 1.29 is 4.92 Å². The summed E-state index contributed by atoms with van der Waals surface area (Å²) in [7, 11) is 0. The van der Waals surface area contributed by atoms with Crippen molar-refractivity contribution in [1.82, 2.24) is 0 Å². The van der Waals surface area contributed by atoms with E-state index in [2.05, 4.69) is 10.2 Å². The van der Waals surface area contributed by atoms with E-state index in [1.807, 2.05) is 36.4 Å². The molecule has 0 spiro atoms. The number of benzene rings is 2. The molecular weight excluding hydrogens is 242 g/mol. The van der Waals surface area contributed by atoms with E-state index < -0.39 is 11.1 Å². The normalized spacial score (nSPS) is 12.4. The summed E-state index contributed by atoms with van der Waals surface area (Å²) in [4.78, 5) is 10.6. The SMILES string of the molecule is O=[N+]([O-])C(N=NCc1ccccc1)c1ccccc1. The Hall–Kier alpha value is -2.56. The number of hydrogen-bond acceptors (Lipinski definition) is 4. The molecule has 0 radical (unpaired) electrons. The zero-order valence-corrected chi connectivity index (χ0v) is 10.2. The highest BCUT2D eigenvalue weighted by molar-refractivity contribution is 5.17. The van der Waals surface area contributed by atoms with E-state index in [4.69, 9.17) is 0 Å². The molecule has 0 aliphatic heterocycles. The van der Waals surface area contributed by atoms with Gasteiger partial charge in [-0.2, -0.15) is 5.11 Å². The van der Waals surface area contributed by atoms with Gasteiger partial charge in [0.25, 0.3) is 0 Å². The average molecular weight is 255 g/mol. The van der Waals surface area contributed by atoms with Crippen LogP contribution in [0.25, 0.3) is 0 Å². The number of nitro groups is 1. The molecule has 1 unspecified atom stereocenters. The summed E-state index contributed by atoms with van der Waals surface area (Å²) in [5.41, 5.74) is 1.51. The first kappa shape index (κ1) is 12.9. The van der Waals surface area contributed by atoms with Crippen molar-refractivity contribution >= 4 is 0 Å². The van der Waals surface area contributed by atoms with Crippen LogP contribution in [0.4, 0.5) is 0 Å². The first-order valence-electron chi connectivity index (χ1n) is 5.86. The van der Waals surface area contributed by atoms with Gasteiger partial charge < -0.3 is 0 Å². The van der Waals surface area contributed by atoms with Gasteiger partial charge in [0.2, 0.25) is 0 Å². The van der Waals surface area contributed by atoms with Crippen molar-refractivity contribution in [2.24, 2.45) is 10.2 Å². The minimum Gasteiger partial charge on any atom is -0.262 e. The van der Waals surface area contributed by atoms with Gasteiger partial charge in [-0.05, 0) is 17.7 Å². The fourth-order valence-electron chi connectivity index (χ4n) is 1.64. The summed E-state index contributed by atoms with van der Waals surface area (Å²) in [5.74, 6) is 0. The molecule has 2 aromatic rings. The van der Waals surface area contributed by atoms with Crippen LogP contribution >= 0.6 is 0 Å². The molecule has 0 aliphatic rings. The van der Waals surface area contributed by atoms with E-state index in [1.54, 1.807) is 24.3 Å². The molecule has 19 heavy (non-hydrogen) atoms. The van der Waals surface area contributed by atoms with Crippen LogP contribution in [0.2, 0.25) is 0 Å². The summed E-state index contributed by atoms with van der Waals surface area (Å²) < 4.78 is 0. The summed E-state index contributed by atoms with van der Waals surface area (Å²) in [5, 5.41) is 18.7. The Morgan fingerprint density at radius 2 is 1.58 bits per heavy atom. The summed E-state index contributed by atoms with van der Waals surface area (Å²) >= 11 is 0. The number of hydrogen-bond donors (Lipinski definition) is 0. The van der Waals surface area contributed by atoms with Crippen LogP contribution < -0.4 is 0 Å². The van der Waals surface area contributed by atoms with Gasteiger partial charge in [0.15, 0.2) is 0 Å². The molecule has 0 N–H and O–H groups in total. The highest BCUT2D eigenvalue weighted by Gasteiger charge is 2.20. The van der Waals surface area contributed by atoms with Crippen LogP contribution in [-0.2, 0) is 6.54 Å². The molecule has 0 aliphatic carbocycles. The van der Waals surface area contributed by atoms with E-state index in [0.29, 0.717) is 12.1 Å². The van der Waals surface area contributed by atoms with Crippen molar-refractivity contribution in [1.29, 1.82) is 0 Å². The minimum absolute atomic E-state index is 0.345. The second-order valence-electron chi connectivity index (χ2n) is 3.97. The second-order valence-corrected chi connectivity index (χ2v) is 3.97. The van der Waals surface area contributed by atoms with Gasteiger partial charge in [-0.25, -0.2) is 0 Å². The lowest BCUT2D eigenvalue weighted by Crippen LogP contribution is -2.07. The Kier molecular flexibility index (Phi) is 4.34. The van der Waals surface area contributed by atoms with Crippen LogP contribution in [0.3, 0.4) is 0 Å². The van der Waals surface area contributed by atoms with Crippen molar-refractivity contribution in [3.8, 4) is 0 Å². The highest BCUT2D eigenvalue weighted by atomic mass is 16.6. The van der Waals surface area contributed by atoms with Crippen LogP contribution in [0.1, 0.15) is 17.3 Å². The Bertz CT molecular complexity index is 555. The fraction of sp³-hybridized carbons (Fsp3) is 0.143. The minimum atomic E-state index is -1.13. The van der Waals surface area contributed by atoms with Gasteiger partial charge in [0.1, 0.15) is 0 Å². The highest BCUT2D eigenvalue weighted by Crippen LogP contribution is 2.18. The zero-order chi connectivity index (χ0) is 13.5. The number of nitrogens with zero attached hydrogens (tertiary/aromatic N) is 3. The molecule has 2 aromatic carbocycles. The first-order chi connectivity index (χ1) is 9.27. The molecule has 0 aromatic heterocycles. The standard InChI is InChI=1S/C14H13N3O2/c18-17(19)14(13-9-5-2-6-10-13)16-15-11-12-7-3-1-4-8-12/h1-10,14H,11H2. The molecule has 1 atom stereocenters. The van der Waals surface area contributed by atoms with E-state index in [1.165, 1.54) is 0 Å². The molecule has 0 heterocycles. The van der Waals surface area contributed by atoms with Crippen molar-refractivity contribution in [2.75, 3.05) is 0 Å². The third kappa shape index (κ3) is 3.70. The summed E-state index contributed by atoms with van der Waals surface area (Å²) in [6.45, 7) is 0.345. The molecule has 0 amide bonds. The van der Waals surface area contributed by atoms with Crippen LogP contribution in [-0.4, -0.2) is 4.92 Å². The Balaban J connectivity index is 2.08. The molecule has 0 fully saturated rings. The molecule has 0 saturated carbocycles. The molecule has 0 saturated heterocycles. The smallest absolute Gasteiger partial charge is 0.262 e. The second kappa shape index (κ2) is 6.39. The quantitative estimate of drug-likeness (QED) is 0.465. The first-order valence-corrected chi connectivity index (χ1v) is 5.86. The van der Waals surface area contributed by atoms with Crippen molar-refractivity contribution in [2.45, 2.75) is 12.7 Å². The van der Waals surface area contributed by atoms with Gasteiger partial charge in [0.05, 0.1) is 17.0 Å². The van der Waals surface area contributed by atoms with Gasteiger partial charge in [-0.15, -0.1) is 5.11 Å². The van der Waals surface area contributed by atoms with Crippen molar-refractivity contribution in [3.05, 3.63) is 81.9 Å². The maximum atomic E-state index is 11.0. The van der Waals surface area contributed by atoms with Crippen LogP contribution in [0.5, 0.6) is 0 Å². The third-order valence-electron chi connectivity index (χ3n) is 2.58. The topological polar surface area (TPSA) is 67.9 Å². The van der Waals surface area contributed by atoms with E-state index in [0.717, 1.165) is 5.56 Å². The fourth-order valence-corrected chi connectivity index (χ4v) is 1.64. The van der Waals surface area contributed by atoms with Crippen LogP contribution in [0, 0.1) is 10.1 Å². The van der Waals surface area contributed by atoms with E-state index in [9.17, 15) is 10.1 Å². The van der Waals surface area contributed by atoms with Gasteiger partial charge in [0, 0.05) is 0 Å². The number of rotatable bonds is 5. The van der Waals surface area contributed by atoms with E-state index in [-0.39, 0.29) is 0 Å². The third-order valence-corrected chi connectivity index (χ3v) is 2.58. The Morgan fingerprint density at radius 1 is 1.00 bits per heavy atom. The molecule has 96 valence electrons. The lowest BCUT2D eigenvalue weighted by atomic mass is 10.2. The molecule has 5 nitrogen and oxygen atoms in total. The number of azo groups is 1.